The predicted octanol–water partition coefficient (Wildman–Crippen LogP) is 2.95. The largest absolute Gasteiger partial charge is 0.396 e. The van der Waals surface area contributed by atoms with Gasteiger partial charge in [-0.15, -0.1) is 0 Å². The van der Waals surface area contributed by atoms with Crippen molar-refractivity contribution in [3.05, 3.63) is 22.6 Å². The molecule has 6 heteroatoms. The number of halogens is 2. The first-order valence-electron chi connectivity index (χ1n) is 5.99. The maximum Gasteiger partial charge on any atom is 0.166 e. The van der Waals surface area contributed by atoms with Crippen LogP contribution in [0, 0.1) is 22.6 Å². The van der Waals surface area contributed by atoms with Crippen molar-refractivity contribution in [2.45, 2.75) is 33.2 Å². The lowest BCUT2D eigenvalue weighted by Crippen LogP contribution is -2.39. The molecule has 1 rings (SSSR count). The van der Waals surface area contributed by atoms with Crippen LogP contribution in [0.3, 0.4) is 0 Å². The Morgan fingerprint density at radius 2 is 2.26 bits per heavy atom. The molecule has 0 aliphatic carbocycles. The van der Waals surface area contributed by atoms with Crippen LogP contribution >= 0.6 is 11.6 Å². The summed E-state index contributed by atoms with van der Waals surface area (Å²) in [6, 6.07) is 2.66. The van der Waals surface area contributed by atoms with Crippen LogP contribution in [-0.2, 0) is 0 Å². The smallest absolute Gasteiger partial charge is 0.166 e. The number of hydrogen-bond acceptors (Lipinski definition) is 4. The van der Waals surface area contributed by atoms with E-state index < -0.39 is 11.2 Å². The Kier molecular flexibility index (Phi) is 5.10. The minimum atomic E-state index is -0.631. The molecule has 0 aromatic carbocycles. The van der Waals surface area contributed by atoms with Gasteiger partial charge in [0.05, 0.1) is 12.2 Å². The number of nitrogens with one attached hydrogen (secondary N) is 1. The first-order valence-corrected chi connectivity index (χ1v) is 6.37. The lowest BCUT2D eigenvalue weighted by molar-refractivity contribution is 0.137. The fourth-order valence-electron chi connectivity index (χ4n) is 1.77. The zero-order chi connectivity index (χ0) is 14.6. The molecule has 1 atom stereocenters. The number of nitriles is 1. The number of hydrogen-bond donors (Lipinski definition) is 2. The average molecular weight is 286 g/mol. The van der Waals surface area contributed by atoms with E-state index in [0.717, 1.165) is 6.07 Å². The van der Waals surface area contributed by atoms with Crippen molar-refractivity contribution in [3.8, 4) is 6.07 Å². The van der Waals surface area contributed by atoms with E-state index in [1.54, 1.807) is 6.07 Å². The van der Waals surface area contributed by atoms with Gasteiger partial charge in [0.1, 0.15) is 11.2 Å². The van der Waals surface area contributed by atoms with Gasteiger partial charge in [-0.3, -0.25) is 0 Å². The van der Waals surface area contributed by atoms with Crippen LogP contribution in [0.4, 0.5) is 10.2 Å². The Morgan fingerprint density at radius 3 is 2.74 bits per heavy atom. The molecule has 2 N–H and O–H groups in total. The summed E-state index contributed by atoms with van der Waals surface area (Å²) in [6.45, 7) is 5.64. The third-order valence-corrected chi connectivity index (χ3v) is 3.41. The van der Waals surface area contributed by atoms with Gasteiger partial charge in [-0.05, 0) is 12.5 Å². The Bertz CT molecular complexity index is 499. The minimum absolute atomic E-state index is 0.000756. The molecular formula is C13H17ClFN3O. The normalized spacial score (nSPS) is 12.9. The minimum Gasteiger partial charge on any atom is -0.396 e. The molecule has 4 nitrogen and oxygen atoms in total. The number of nitrogens with zero attached hydrogens (tertiary/aromatic N) is 2. The van der Waals surface area contributed by atoms with Gasteiger partial charge in [0.25, 0.3) is 0 Å². The van der Waals surface area contributed by atoms with E-state index in [-0.39, 0.29) is 29.2 Å². The highest BCUT2D eigenvalue weighted by atomic mass is 35.5. The van der Waals surface area contributed by atoms with E-state index in [2.05, 4.69) is 10.3 Å². The van der Waals surface area contributed by atoms with Gasteiger partial charge in [-0.1, -0.05) is 32.4 Å². The molecule has 19 heavy (non-hydrogen) atoms. The maximum atomic E-state index is 13.8. The monoisotopic (exact) mass is 285 g/mol. The summed E-state index contributed by atoms with van der Waals surface area (Å²) in [5.74, 6) is -0.634. The zero-order valence-corrected chi connectivity index (χ0v) is 11.9. The van der Waals surface area contributed by atoms with Crippen LogP contribution in [-0.4, -0.2) is 22.7 Å². The van der Waals surface area contributed by atoms with Gasteiger partial charge in [0.2, 0.25) is 0 Å². The van der Waals surface area contributed by atoms with Crippen molar-refractivity contribution in [1.29, 1.82) is 5.26 Å². The van der Waals surface area contributed by atoms with Crippen molar-refractivity contribution in [2.75, 3.05) is 11.9 Å². The van der Waals surface area contributed by atoms with E-state index >= 15 is 0 Å². The molecule has 0 amide bonds. The second-order valence-electron chi connectivity index (χ2n) is 5.02. The molecule has 0 saturated carbocycles. The van der Waals surface area contributed by atoms with E-state index in [1.165, 1.54) is 0 Å². The van der Waals surface area contributed by atoms with Gasteiger partial charge in [-0.2, -0.15) is 5.26 Å². The van der Waals surface area contributed by atoms with Crippen molar-refractivity contribution in [1.82, 2.24) is 4.98 Å². The van der Waals surface area contributed by atoms with Crippen LogP contribution in [0.5, 0.6) is 0 Å². The summed E-state index contributed by atoms with van der Waals surface area (Å²) in [4.78, 5) is 3.85. The highest BCUT2D eigenvalue weighted by Gasteiger charge is 2.28. The Hall–Kier alpha value is -1.38. The van der Waals surface area contributed by atoms with Crippen molar-refractivity contribution >= 4 is 17.4 Å². The maximum absolute atomic E-state index is 13.8. The lowest BCUT2D eigenvalue weighted by atomic mass is 9.84. The van der Waals surface area contributed by atoms with Crippen molar-refractivity contribution in [2.24, 2.45) is 5.41 Å². The SMILES string of the molecule is CCC(Nc1nc(Cl)c(C#N)cc1F)C(C)(C)CO. The van der Waals surface area contributed by atoms with Crippen LogP contribution < -0.4 is 5.32 Å². The molecule has 0 radical (unpaired) electrons. The fourth-order valence-corrected chi connectivity index (χ4v) is 1.95. The predicted molar refractivity (Wildman–Crippen MR) is 72.5 cm³/mol. The summed E-state index contributed by atoms with van der Waals surface area (Å²) in [7, 11) is 0. The Morgan fingerprint density at radius 1 is 1.63 bits per heavy atom. The molecule has 0 fully saturated rings. The molecule has 0 aliphatic rings. The molecule has 1 aromatic rings. The van der Waals surface area contributed by atoms with Crippen molar-refractivity contribution < 1.29 is 9.50 Å². The van der Waals surface area contributed by atoms with Crippen LogP contribution in [0.1, 0.15) is 32.8 Å². The Labute approximate surface area is 117 Å². The first-order chi connectivity index (χ1) is 8.85. The Balaban J connectivity index is 3.06. The first kappa shape index (κ1) is 15.7. The lowest BCUT2D eigenvalue weighted by Gasteiger charge is -2.33. The number of aliphatic hydroxyl groups is 1. The second kappa shape index (κ2) is 6.18. The topological polar surface area (TPSA) is 68.9 Å². The second-order valence-corrected chi connectivity index (χ2v) is 5.38. The number of aromatic nitrogens is 1. The molecule has 0 spiro atoms. The van der Waals surface area contributed by atoms with Gasteiger partial charge in [-0.25, -0.2) is 9.37 Å². The number of rotatable bonds is 5. The molecule has 1 unspecified atom stereocenters. The van der Waals surface area contributed by atoms with E-state index in [4.69, 9.17) is 16.9 Å². The number of aliphatic hydroxyl groups excluding tert-OH is 1. The van der Waals surface area contributed by atoms with Crippen LogP contribution in [0.2, 0.25) is 5.15 Å². The average Bonchev–Trinajstić information content (AvgIpc) is 2.38. The van der Waals surface area contributed by atoms with E-state index in [0.29, 0.717) is 6.42 Å². The zero-order valence-electron chi connectivity index (χ0n) is 11.2. The summed E-state index contributed by atoms with van der Waals surface area (Å²) in [6.07, 6.45) is 0.687. The highest BCUT2D eigenvalue weighted by Crippen LogP contribution is 2.27. The van der Waals surface area contributed by atoms with E-state index in [1.807, 2.05) is 20.8 Å². The quantitative estimate of drug-likeness (QED) is 0.816. The van der Waals surface area contributed by atoms with Crippen molar-refractivity contribution in [3.63, 3.8) is 0 Å². The molecule has 1 aromatic heterocycles. The molecule has 0 bridgehead atoms. The molecule has 0 aliphatic heterocycles. The molecule has 1 heterocycles. The van der Waals surface area contributed by atoms with Gasteiger partial charge in [0, 0.05) is 11.5 Å². The van der Waals surface area contributed by atoms with Gasteiger partial charge >= 0.3 is 0 Å². The highest BCUT2D eigenvalue weighted by molar-refractivity contribution is 6.30. The van der Waals surface area contributed by atoms with Gasteiger partial charge in [0.15, 0.2) is 11.6 Å². The van der Waals surface area contributed by atoms with Crippen LogP contribution in [0.25, 0.3) is 0 Å². The fraction of sp³-hybridized carbons (Fsp3) is 0.538. The third-order valence-electron chi connectivity index (χ3n) is 3.12. The van der Waals surface area contributed by atoms with Gasteiger partial charge < -0.3 is 10.4 Å². The summed E-state index contributed by atoms with van der Waals surface area (Å²) in [5, 5.41) is 21.0. The summed E-state index contributed by atoms with van der Waals surface area (Å²) in [5.41, 5.74) is -0.428. The third kappa shape index (κ3) is 3.55. The molecular weight excluding hydrogens is 269 g/mol. The summed E-state index contributed by atoms with van der Waals surface area (Å²) < 4.78 is 13.8. The number of pyridine rings is 1. The molecule has 104 valence electrons. The van der Waals surface area contributed by atoms with Crippen LogP contribution in [0.15, 0.2) is 6.07 Å². The number of anilines is 1. The molecule has 0 saturated heterocycles. The summed E-state index contributed by atoms with van der Waals surface area (Å²) >= 11 is 5.79. The standard InChI is InChI=1S/C13H17ClFN3O/c1-4-10(13(2,3)7-19)17-12-9(15)5-8(6-16)11(14)18-12/h5,10,19H,4,7H2,1-3H3,(H,17,18). The van der Waals surface area contributed by atoms with E-state index in [9.17, 15) is 9.50 Å².